The molecule has 0 radical (unpaired) electrons. The zero-order valence-electron chi connectivity index (χ0n) is 11.8. The van der Waals surface area contributed by atoms with Gasteiger partial charge < -0.3 is 9.84 Å². The Balaban J connectivity index is 2.75. The molecule has 0 aliphatic carbocycles. The van der Waals surface area contributed by atoms with E-state index in [0.29, 0.717) is 11.1 Å². The summed E-state index contributed by atoms with van der Waals surface area (Å²) in [5, 5.41) is 9.27. The monoisotopic (exact) mass is 328 g/mol. The van der Waals surface area contributed by atoms with Gasteiger partial charge in [-0.2, -0.15) is 0 Å². The Bertz CT molecular complexity index is 510. The van der Waals surface area contributed by atoms with Crippen LogP contribution in [-0.2, 0) is 9.53 Å². The highest BCUT2D eigenvalue weighted by atomic mass is 35.5. The second kappa shape index (κ2) is 9.61. The Hall–Kier alpha value is -1.29. The molecule has 1 atom stereocenters. The van der Waals surface area contributed by atoms with E-state index in [0.717, 1.165) is 5.56 Å². The predicted molar refractivity (Wildman–Crippen MR) is 86.6 cm³/mol. The SMILES string of the molecule is CC(C(=O)OCC(O)CCl)=C(C=Cc1ccccc1)CCl. The van der Waals surface area contributed by atoms with Crippen molar-refractivity contribution < 1.29 is 14.6 Å². The van der Waals surface area contributed by atoms with Gasteiger partial charge in [0.1, 0.15) is 12.7 Å². The largest absolute Gasteiger partial charge is 0.460 e. The molecule has 0 amide bonds. The highest BCUT2D eigenvalue weighted by Gasteiger charge is 2.12. The first-order chi connectivity index (χ1) is 10.1. The van der Waals surface area contributed by atoms with Gasteiger partial charge in [0.25, 0.3) is 0 Å². The third-order valence-corrected chi connectivity index (χ3v) is 3.44. The molecule has 1 aromatic carbocycles. The highest BCUT2D eigenvalue weighted by Crippen LogP contribution is 2.13. The number of carbonyl (C=O) groups excluding carboxylic acids is 1. The number of halogens is 2. The van der Waals surface area contributed by atoms with Crippen LogP contribution < -0.4 is 0 Å². The number of hydrogen-bond acceptors (Lipinski definition) is 3. The lowest BCUT2D eigenvalue weighted by Crippen LogP contribution is -2.20. The molecule has 0 aliphatic heterocycles. The normalized spacial score (nSPS) is 13.9. The third-order valence-electron chi connectivity index (χ3n) is 2.79. The summed E-state index contributed by atoms with van der Waals surface area (Å²) in [7, 11) is 0. The Kier molecular flexibility index (Phi) is 8.13. The number of benzene rings is 1. The van der Waals surface area contributed by atoms with Gasteiger partial charge >= 0.3 is 5.97 Å². The van der Waals surface area contributed by atoms with Crippen molar-refractivity contribution in [1.29, 1.82) is 0 Å². The average molecular weight is 329 g/mol. The Morgan fingerprint density at radius 1 is 1.33 bits per heavy atom. The van der Waals surface area contributed by atoms with Crippen molar-refractivity contribution in [2.75, 3.05) is 18.4 Å². The van der Waals surface area contributed by atoms with E-state index in [1.165, 1.54) is 0 Å². The number of alkyl halides is 2. The van der Waals surface area contributed by atoms with Crippen LogP contribution in [0.15, 0.2) is 47.6 Å². The summed E-state index contributed by atoms with van der Waals surface area (Å²) < 4.78 is 4.97. The summed E-state index contributed by atoms with van der Waals surface area (Å²) in [6, 6.07) is 9.69. The molecule has 0 bridgehead atoms. The first-order valence-corrected chi connectivity index (χ1v) is 7.55. The second-order valence-electron chi connectivity index (χ2n) is 4.43. The number of carbonyl (C=O) groups is 1. The molecule has 1 unspecified atom stereocenters. The molecule has 0 heterocycles. The van der Waals surface area contributed by atoms with Gasteiger partial charge in [0.05, 0.1) is 5.88 Å². The Morgan fingerprint density at radius 2 is 2.00 bits per heavy atom. The molecule has 0 aromatic heterocycles. The number of esters is 1. The summed E-state index contributed by atoms with van der Waals surface area (Å²) in [6.45, 7) is 1.51. The van der Waals surface area contributed by atoms with E-state index < -0.39 is 12.1 Å². The van der Waals surface area contributed by atoms with Gasteiger partial charge in [0, 0.05) is 11.5 Å². The maximum absolute atomic E-state index is 11.8. The number of hydrogen-bond donors (Lipinski definition) is 1. The molecule has 1 rings (SSSR count). The van der Waals surface area contributed by atoms with Crippen molar-refractivity contribution in [2.45, 2.75) is 13.0 Å². The van der Waals surface area contributed by atoms with Gasteiger partial charge in [0.2, 0.25) is 0 Å². The fraction of sp³-hybridized carbons (Fsp3) is 0.312. The minimum absolute atomic E-state index is 0.0202. The molecular weight excluding hydrogens is 311 g/mol. The number of ether oxygens (including phenoxy) is 1. The van der Waals surface area contributed by atoms with Crippen LogP contribution in [0.4, 0.5) is 0 Å². The van der Waals surface area contributed by atoms with Gasteiger partial charge in [-0.1, -0.05) is 42.5 Å². The molecule has 21 heavy (non-hydrogen) atoms. The lowest BCUT2D eigenvalue weighted by Gasteiger charge is -2.10. The summed E-state index contributed by atoms with van der Waals surface area (Å²) in [5.74, 6) is -0.290. The van der Waals surface area contributed by atoms with E-state index in [4.69, 9.17) is 27.9 Å². The Morgan fingerprint density at radius 3 is 2.57 bits per heavy atom. The van der Waals surface area contributed by atoms with Gasteiger partial charge in [-0.3, -0.25) is 0 Å². The molecule has 5 heteroatoms. The molecule has 3 nitrogen and oxygen atoms in total. The molecule has 114 valence electrons. The van der Waals surface area contributed by atoms with Crippen molar-refractivity contribution in [3.63, 3.8) is 0 Å². The number of aliphatic hydroxyl groups excluding tert-OH is 1. The van der Waals surface area contributed by atoms with Crippen molar-refractivity contribution in [3.8, 4) is 0 Å². The summed E-state index contributed by atoms with van der Waals surface area (Å²) in [6.07, 6.45) is 2.81. The molecule has 0 spiro atoms. The van der Waals surface area contributed by atoms with Gasteiger partial charge in [-0.05, 0) is 18.1 Å². The topological polar surface area (TPSA) is 46.5 Å². The van der Waals surface area contributed by atoms with Crippen LogP contribution in [-0.4, -0.2) is 35.5 Å². The van der Waals surface area contributed by atoms with Crippen LogP contribution in [0.2, 0.25) is 0 Å². The van der Waals surface area contributed by atoms with E-state index >= 15 is 0 Å². The Labute approximate surface area is 134 Å². The van der Waals surface area contributed by atoms with E-state index in [1.807, 2.05) is 36.4 Å². The van der Waals surface area contributed by atoms with Crippen LogP contribution >= 0.6 is 23.2 Å². The zero-order chi connectivity index (χ0) is 15.7. The number of rotatable bonds is 7. The molecule has 0 fully saturated rings. The number of allylic oxidation sites excluding steroid dienone is 2. The van der Waals surface area contributed by atoms with E-state index in [1.54, 1.807) is 13.0 Å². The summed E-state index contributed by atoms with van der Waals surface area (Å²) in [4.78, 5) is 11.8. The van der Waals surface area contributed by atoms with Crippen LogP contribution in [0.1, 0.15) is 12.5 Å². The first-order valence-electron chi connectivity index (χ1n) is 6.48. The van der Waals surface area contributed by atoms with Gasteiger partial charge in [0.15, 0.2) is 0 Å². The van der Waals surface area contributed by atoms with Crippen molar-refractivity contribution in [1.82, 2.24) is 0 Å². The smallest absolute Gasteiger partial charge is 0.334 e. The molecule has 0 saturated heterocycles. The number of aliphatic hydroxyl groups is 1. The van der Waals surface area contributed by atoms with Gasteiger partial charge in [-0.25, -0.2) is 4.79 Å². The molecule has 0 saturated carbocycles. The molecule has 1 N–H and O–H groups in total. The standard InChI is InChI=1S/C16H18Cl2O3/c1-12(16(20)21-11-15(19)10-18)14(9-17)8-7-13-5-3-2-4-6-13/h2-8,15,19H,9-11H2,1H3. The fourth-order valence-corrected chi connectivity index (χ4v) is 1.87. The lowest BCUT2D eigenvalue weighted by molar-refractivity contribution is -0.141. The maximum atomic E-state index is 11.8. The lowest BCUT2D eigenvalue weighted by atomic mass is 10.1. The minimum Gasteiger partial charge on any atom is -0.460 e. The molecule has 0 aliphatic rings. The summed E-state index contributed by atoms with van der Waals surface area (Å²) in [5.41, 5.74) is 2.10. The molecular formula is C16H18Cl2O3. The zero-order valence-corrected chi connectivity index (χ0v) is 13.3. The maximum Gasteiger partial charge on any atom is 0.334 e. The third kappa shape index (κ3) is 6.34. The van der Waals surface area contributed by atoms with E-state index in [9.17, 15) is 9.90 Å². The summed E-state index contributed by atoms with van der Waals surface area (Å²) >= 11 is 11.3. The van der Waals surface area contributed by atoms with Crippen molar-refractivity contribution in [2.24, 2.45) is 0 Å². The van der Waals surface area contributed by atoms with Crippen LogP contribution in [0, 0.1) is 0 Å². The van der Waals surface area contributed by atoms with Crippen LogP contribution in [0.25, 0.3) is 6.08 Å². The molecule has 1 aromatic rings. The quantitative estimate of drug-likeness (QED) is 0.361. The average Bonchev–Trinajstić information content (AvgIpc) is 2.53. The van der Waals surface area contributed by atoms with Crippen molar-refractivity contribution >= 4 is 35.2 Å². The fourth-order valence-electron chi connectivity index (χ4n) is 1.49. The van der Waals surface area contributed by atoms with Crippen LogP contribution in [0.5, 0.6) is 0 Å². The van der Waals surface area contributed by atoms with E-state index in [2.05, 4.69) is 0 Å². The first kappa shape index (κ1) is 17.8. The minimum atomic E-state index is -0.859. The van der Waals surface area contributed by atoms with E-state index in [-0.39, 0.29) is 18.4 Å². The predicted octanol–water partition coefficient (Wildman–Crippen LogP) is 3.40. The van der Waals surface area contributed by atoms with Crippen molar-refractivity contribution in [3.05, 3.63) is 53.1 Å². The second-order valence-corrected chi connectivity index (χ2v) is 5.01. The van der Waals surface area contributed by atoms with Crippen LogP contribution in [0.3, 0.4) is 0 Å². The highest BCUT2D eigenvalue weighted by molar-refractivity contribution is 6.20. The van der Waals surface area contributed by atoms with Gasteiger partial charge in [-0.15, -0.1) is 23.2 Å².